The Kier molecular flexibility index (Phi) is 24.1. The van der Waals surface area contributed by atoms with Crippen LogP contribution in [0, 0.1) is 0 Å². The van der Waals surface area contributed by atoms with Crippen molar-refractivity contribution >= 4 is 0 Å². The van der Waals surface area contributed by atoms with Crippen LogP contribution in [0.5, 0.6) is 5.75 Å². The van der Waals surface area contributed by atoms with Crippen molar-refractivity contribution in [3.05, 3.63) is 29.8 Å². The van der Waals surface area contributed by atoms with E-state index in [0.717, 1.165) is 5.56 Å². The van der Waals surface area contributed by atoms with Crippen molar-refractivity contribution in [2.75, 3.05) is 21.1 Å². The topological polar surface area (TPSA) is 119 Å². The number of aromatic hydroxyl groups is 1. The number of benzene rings is 1. The van der Waals surface area contributed by atoms with Gasteiger partial charge < -0.3 is 27.4 Å². The molecular weight excluding hydrogens is 194 g/mol. The van der Waals surface area contributed by atoms with E-state index in [4.69, 9.17) is 10.2 Å². The highest BCUT2D eigenvalue weighted by Crippen LogP contribution is 2.08. The van der Waals surface area contributed by atoms with Crippen LogP contribution in [0.25, 0.3) is 0 Å². The van der Waals surface area contributed by atoms with Gasteiger partial charge in [-0.1, -0.05) is 12.1 Å². The number of nitrogens with two attached hydrogens (primary N) is 3. The van der Waals surface area contributed by atoms with Gasteiger partial charge in [0.25, 0.3) is 0 Å². The van der Waals surface area contributed by atoms with Crippen LogP contribution in [0.4, 0.5) is 0 Å². The highest BCUT2D eigenvalue weighted by atomic mass is 16.3. The summed E-state index contributed by atoms with van der Waals surface area (Å²) in [4.78, 5) is 0. The summed E-state index contributed by atoms with van der Waals surface area (Å²) in [5, 5.41) is 17.3. The third kappa shape index (κ3) is 12.9. The average Bonchev–Trinajstić information content (AvgIpc) is 2.38. The maximum absolute atomic E-state index is 8.77. The molecule has 0 aliphatic rings. The Morgan fingerprint density at radius 3 is 1.47 bits per heavy atom. The van der Waals surface area contributed by atoms with Crippen molar-refractivity contribution in [2.24, 2.45) is 17.2 Å². The predicted octanol–water partition coefficient (Wildman–Crippen LogP) is -0.391. The Hall–Kier alpha value is -1.14. The van der Waals surface area contributed by atoms with E-state index in [1.54, 1.807) is 24.3 Å². The van der Waals surface area contributed by atoms with Crippen LogP contribution in [0.1, 0.15) is 5.56 Å². The van der Waals surface area contributed by atoms with Crippen LogP contribution in [0.3, 0.4) is 0 Å². The maximum Gasteiger partial charge on any atom is 0.115 e. The molecule has 90 valence electrons. The molecule has 0 atom stereocenters. The zero-order chi connectivity index (χ0) is 12.7. The van der Waals surface area contributed by atoms with Crippen molar-refractivity contribution in [3.8, 4) is 5.75 Å². The van der Waals surface area contributed by atoms with Crippen LogP contribution in [-0.2, 0) is 6.61 Å². The van der Waals surface area contributed by atoms with Crippen LogP contribution >= 0.6 is 0 Å². The van der Waals surface area contributed by atoms with Gasteiger partial charge in [-0.3, -0.25) is 0 Å². The summed E-state index contributed by atoms with van der Waals surface area (Å²) >= 11 is 0. The zero-order valence-corrected chi connectivity index (χ0v) is 9.64. The standard InChI is InChI=1S/C7H8O2.3CH5N/c8-5-6-1-3-7(9)4-2-6;3*1-2/h1-4,8-9H,5H2;3*2H2,1H3. The number of hydrogen-bond acceptors (Lipinski definition) is 5. The van der Waals surface area contributed by atoms with E-state index >= 15 is 0 Å². The second-order valence-electron chi connectivity index (χ2n) is 1.82. The molecule has 1 aromatic carbocycles. The van der Waals surface area contributed by atoms with Crippen molar-refractivity contribution in [3.63, 3.8) is 0 Å². The van der Waals surface area contributed by atoms with E-state index < -0.39 is 0 Å². The zero-order valence-electron chi connectivity index (χ0n) is 9.64. The number of aliphatic hydroxyl groups excluding tert-OH is 1. The van der Waals surface area contributed by atoms with Gasteiger partial charge in [0.1, 0.15) is 5.75 Å². The predicted molar refractivity (Wildman–Crippen MR) is 64.4 cm³/mol. The lowest BCUT2D eigenvalue weighted by atomic mass is 10.2. The third-order valence-electron chi connectivity index (χ3n) is 1.12. The molecule has 1 aromatic rings. The molecule has 0 bridgehead atoms. The van der Waals surface area contributed by atoms with Gasteiger partial charge in [-0.25, -0.2) is 0 Å². The molecule has 0 radical (unpaired) electrons. The molecule has 0 aliphatic heterocycles. The molecule has 1 rings (SSSR count). The van der Waals surface area contributed by atoms with Gasteiger partial charge in [-0.2, -0.15) is 0 Å². The summed E-state index contributed by atoms with van der Waals surface area (Å²) in [6.45, 7) is 0.0281. The summed E-state index contributed by atoms with van der Waals surface area (Å²) < 4.78 is 0. The van der Waals surface area contributed by atoms with E-state index in [1.165, 1.54) is 21.1 Å². The number of phenolic OH excluding ortho intramolecular Hbond substituents is 1. The normalized spacial score (nSPS) is 6.87. The molecule has 0 amide bonds. The minimum Gasteiger partial charge on any atom is -0.508 e. The number of rotatable bonds is 1. The van der Waals surface area contributed by atoms with E-state index in [9.17, 15) is 0 Å². The Labute approximate surface area is 91.5 Å². The van der Waals surface area contributed by atoms with Gasteiger partial charge >= 0.3 is 0 Å². The van der Waals surface area contributed by atoms with Gasteiger partial charge in [-0.05, 0) is 38.8 Å². The monoisotopic (exact) mass is 217 g/mol. The highest BCUT2D eigenvalue weighted by molar-refractivity contribution is 5.25. The van der Waals surface area contributed by atoms with Crippen LogP contribution in [0.2, 0.25) is 0 Å². The quantitative estimate of drug-likeness (QED) is 0.439. The first-order valence-corrected chi connectivity index (χ1v) is 4.45. The first kappa shape index (κ1) is 19.4. The van der Waals surface area contributed by atoms with Crippen LogP contribution in [-0.4, -0.2) is 31.4 Å². The van der Waals surface area contributed by atoms with Crippen molar-refractivity contribution in [1.82, 2.24) is 0 Å². The van der Waals surface area contributed by atoms with Gasteiger partial charge in [0.15, 0.2) is 0 Å². The molecule has 5 nitrogen and oxygen atoms in total. The molecule has 0 aliphatic carbocycles. The molecule has 8 N–H and O–H groups in total. The molecule has 5 heteroatoms. The fourth-order valence-corrected chi connectivity index (χ4v) is 0.601. The van der Waals surface area contributed by atoms with Crippen molar-refractivity contribution in [1.29, 1.82) is 0 Å². The largest absolute Gasteiger partial charge is 0.508 e. The molecule has 0 heterocycles. The van der Waals surface area contributed by atoms with Crippen molar-refractivity contribution in [2.45, 2.75) is 6.61 Å². The molecule has 0 saturated carbocycles. The first-order chi connectivity index (χ1) is 7.33. The molecule has 0 aromatic heterocycles. The lowest BCUT2D eigenvalue weighted by Crippen LogP contribution is -1.78. The summed E-state index contributed by atoms with van der Waals surface area (Å²) in [7, 11) is 4.50. The lowest BCUT2D eigenvalue weighted by Gasteiger charge is -1.93. The van der Waals surface area contributed by atoms with E-state index in [-0.39, 0.29) is 12.4 Å². The van der Waals surface area contributed by atoms with Gasteiger partial charge in [0, 0.05) is 0 Å². The highest BCUT2D eigenvalue weighted by Gasteiger charge is 1.87. The third-order valence-corrected chi connectivity index (χ3v) is 1.12. The van der Waals surface area contributed by atoms with Crippen LogP contribution < -0.4 is 17.2 Å². The van der Waals surface area contributed by atoms with Gasteiger partial charge in [0.2, 0.25) is 0 Å². The second kappa shape index (κ2) is 18.6. The number of hydrogen-bond donors (Lipinski definition) is 5. The first-order valence-electron chi connectivity index (χ1n) is 4.45. The summed E-state index contributed by atoms with van der Waals surface area (Å²) in [5.74, 6) is 0.229. The molecule has 15 heavy (non-hydrogen) atoms. The SMILES string of the molecule is CN.CN.CN.OCc1ccc(O)cc1. The fraction of sp³-hybridized carbons (Fsp3) is 0.400. The van der Waals surface area contributed by atoms with Gasteiger partial charge in [0.05, 0.1) is 6.61 Å². The molecular formula is C10H23N3O2. The van der Waals surface area contributed by atoms with E-state index in [1.807, 2.05) is 0 Å². The Bertz CT molecular complexity index is 190. The Balaban J connectivity index is -0.000000208. The molecule has 0 saturated heterocycles. The maximum atomic E-state index is 8.77. The van der Waals surface area contributed by atoms with Gasteiger partial charge in [-0.15, -0.1) is 0 Å². The molecule has 0 spiro atoms. The van der Waals surface area contributed by atoms with E-state index in [0.29, 0.717) is 0 Å². The summed E-state index contributed by atoms with van der Waals surface area (Å²) in [5.41, 5.74) is 14.3. The van der Waals surface area contributed by atoms with E-state index in [2.05, 4.69) is 17.2 Å². The molecule has 0 unspecified atom stereocenters. The summed E-state index contributed by atoms with van der Waals surface area (Å²) in [6, 6.07) is 6.45. The fourth-order valence-electron chi connectivity index (χ4n) is 0.601. The minimum atomic E-state index is 0.0281. The molecule has 0 fully saturated rings. The Morgan fingerprint density at radius 1 is 0.867 bits per heavy atom. The summed E-state index contributed by atoms with van der Waals surface area (Å²) in [6.07, 6.45) is 0. The lowest BCUT2D eigenvalue weighted by molar-refractivity contribution is 0.281. The number of phenols is 1. The minimum absolute atomic E-state index is 0.0281. The average molecular weight is 217 g/mol. The van der Waals surface area contributed by atoms with Crippen molar-refractivity contribution < 1.29 is 10.2 Å². The number of aliphatic hydroxyl groups is 1. The second-order valence-corrected chi connectivity index (χ2v) is 1.82. The smallest absolute Gasteiger partial charge is 0.115 e. The Morgan fingerprint density at radius 2 is 1.20 bits per heavy atom. The van der Waals surface area contributed by atoms with Crippen LogP contribution in [0.15, 0.2) is 24.3 Å².